The molecule has 21 heavy (non-hydrogen) atoms. The Bertz CT molecular complexity index is 652. The molecule has 0 unspecified atom stereocenters. The highest BCUT2D eigenvalue weighted by atomic mass is 35.5. The third-order valence-corrected chi connectivity index (χ3v) is 4.34. The Kier molecular flexibility index (Phi) is 5.73. The van der Waals surface area contributed by atoms with Crippen molar-refractivity contribution >= 4 is 52.2 Å². The maximum absolute atomic E-state index is 11.8. The summed E-state index contributed by atoms with van der Waals surface area (Å²) in [7, 11) is 0. The minimum Gasteiger partial charge on any atom is -0.397 e. The minimum atomic E-state index is -0.101. The highest BCUT2D eigenvalue weighted by Gasteiger charge is 2.06. The molecule has 7 heteroatoms. The number of amides is 1. The lowest BCUT2D eigenvalue weighted by Crippen LogP contribution is -2.12. The minimum absolute atomic E-state index is 0.101. The standard InChI is InChI=1S/C14H13Cl2N3OS/c15-10-4-3-9(8-12(10)17)19-13(20)5-7-21-14-11(16)2-1-6-18-14/h1-4,6,8H,5,7,17H2,(H,19,20). The summed E-state index contributed by atoms with van der Waals surface area (Å²) >= 11 is 13.3. The van der Waals surface area contributed by atoms with Crippen molar-refractivity contribution in [2.45, 2.75) is 11.4 Å². The highest BCUT2D eigenvalue weighted by Crippen LogP contribution is 2.25. The number of pyridine rings is 1. The number of aromatic nitrogens is 1. The fourth-order valence-electron chi connectivity index (χ4n) is 1.56. The van der Waals surface area contributed by atoms with Gasteiger partial charge in [0.2, 0.25) is 5.91 Å². The van der Waals surface area contributed by atoms with Crippen LogP contribution in [0.25, 0.3) is 0 Å². The molecule has 0 fully saturated rings. The van der Waals surface area contributed by atoms with Crippen molar-refractivity contribution in [3.05, 3.63) is 46.6 Å². The van der Waals surface area contributed by atoms with Crippen molar-refractivity contribution in [1.82, 2.24) is 4.98 Å². The molecule has 0 saturated heterocycles. The van der Waals surface area contributed by atoms with Crippen molar-refractivity contribution in [1.29, 1.82) is 0 Å². The van der Waals surface area contributed by atoms with E-state index in [2.05, 4.69) is 10.3 Å². The van der Waals surface area contributed by atoms with E-state index >= 15 is 0 Å². The fraction of sp³-hybridized carbons (Fsp3) is 0.143. The Morgan fingerprint density at radius 3 is 2.81 bits per heavy atom. The van der Waals surface area contributed by atoms with Gasteiger partial charge in [0.1, 0.15) is 5.03 Å². The molecular formula is C14H13Cl2N3OS. The van der Waals surface area contributed by atoms with Gasteiger partial charge in [-0.2, -0.15) is 0 Å². The van der Waals surface area contributed by atoms with Gasteiger partial charge < -0.3 is 11.1 Å². The number of nitrogens with one attached hydrogen (secondary N) is 1. The summed E-state index contributed by atoms with van der Waals surface area (Å²) in [6.07, 6.45) is 2.02. The fourth-order valence-corrected chi connectivity index (χ4v) is 2.79. The summed E-state index contributed by atoms with van der Waals surface area (Å²) in [4.78, 5) is 16.0. The second-order valence-electron chi connectivity index (χ2n) is 4.17. The van der Waals surface area contributed by atoms with Gasteiger partial charge in [0.05, 0.1) is 15.7 Å². The van der Waals surface area contributed by atoms with Gasteiger partial charge in [0.15, 0.2) is 0 Å². The molecule has 0 atom stereocenters. The molecule has 110 valence electrons. The number of halogens is 2. The molecule has 3 N–H and O–H groups in total. The second kappa shape index (κ2) is 7.54. The summed E-state index contributed by atoms with van der Waals surface area (Å²) in [6, 6.07) is 8.52. The largest absolute Gasteiger partial charge is 0.397 e. The Morgan fingerprint density at radius 2 is 2.10 bits per heavy atom. The molecule has 0 radical (unpaired) electrons. The summed E-state index contributed by atoms with van der Waals surface area (Å²) in [5, 5.41) is 4.55. The Morgan fingerprint density at radius 1 is 1.29 bits per heavy atom. The first-order valence-electron chi connectivity index (χ1n) is 6.14. The van der Waals surface area contributed by atoms with Gasteiger partial charge in [-0.1, -0.05) is 23.2 Å². The Balaban J connectivity index is 1.82. The number of carbonyl (C=O) groups excluding carboxylic acids is 1. The lowest BCUT2D eigenvalue weighted by Gasteiger charge is -2.07. The van der Waals surface area contributed by atoms with E-state index in [1.54, 1.807) is 36.5 Å². The zero-order chi connectivity index (χ0) is 15.2. The maximum Gasteiger partial charge on any atom is 0.225 e. The van der Waals surface area contributed by atoms with Gasteiger partial charge in [-0.3, -0.25) is 4.79 Å². The zero-order valence-corrected chi connectivity index (χ0v) is 13.3. The maximum atomic E-state index is 11.8. The molecule has 1 aromatic carbocycles. The topological polar surface area (TPSA) is 68.0 Å². The van der Waals surface area contributed by atoms with Crippen molar-refractivity contribution in [3.63, 3.8) is 0 Å². The number of nitrogen functional groups attached to an aromatic ring is 1. The van der Waals surface area contributed by atoms with Gasteiger partial charge in [-0.15, -0.1) is 11.8 Å². The van der Waals surface area contributed by atoms with Crippen molar-refractivity contribution in [2.75, 3.05) is 16.8 Å². The number of benzene rings is 1. The zero-order valence-electron chi connectivity index (χ0n) is 11.0. The summed E-state index contributed by atoms with van der Waals surface area (Å²) in [6.45, 7) is 0. The smallest absolute Gasteiger partial charge is 0.225 e. The van der Waals surface area contributed by atoms with Gasteiger partial charge in [0.25, 0.3) is 0 Å². The number of nitrogens with zero attached hydrogens (tertiary/aromatic N) is 1. The lowest BCUT2D eigenvalue weighted by molar-refractivity contribution is -0.115. The predicted octanol–water partition coefficient (Wildman–Crippen LogP) is 4.09. The van der Waals surface area contributed by atoms with E-state index in [1.165, 1.54) is 11.8 Å². The van der Waals surface area contributed by atoms with E-state index in [9.17, 15) is 4.79 Å². The van der Waals surface area contributed by atoms with Crippen LogP contribution in [0, 0.1) is 0 Å². The highest BCUT2D eigenvalue weighted by molar-refractivity contribution is 7.99. The summed E-state index contributed by atoms with van der Waals surface area (Å²) in [5.74, 6) is 0.488. The van der Waals surface area contributed by atoms with Crippen LogP contribution in [-0.2, 0) is 4.79 Å². The average Bonchev–Trinajstić information content (AvgIpc) is 2.45. The molecule has 2 aromatic rings. The third-order valence-electron chi connectivity index (χ3n) is 2.57. The quantitative estimate of drug-likeness (QED) is 0.634. The van der Waals surface area contributed by atoms with Gasteiger partial charge in [-0.25, -0.2) is 4.98 Å². The van der Waals surface area contributed by atoms with Gasteiger partial charge >= 0.3 is 0 Å². The number of nitrogens with two attached hydrogens (primary N) is 1. The average molecular weight is 342 g/mol. The molecule has 0 bridgehead atoms. The number of carbonyl (C=O) groups is 1. The van der Waals surface area contributed by atoms with Crippen LogP contribution in [0.5, 0.6) is 0 Å². The number of hydrogen-bond acceptors (Lipinski definition) is 4. The lowest BCUT2D eigenvalue weighted by atomic mass is 10.2. The number of hydrogen-bond donors (Lipinski definition) is 2. The van der Waals surface area contributed by atoms with Crippen LogP contribution in [0.4, 0.5) is 11.4 Å². The molecule has 0 aliphatic rings. The molecule has 2 rings (SSSR count). The molecule has 0 saturated carbocycles. The van der Waals surface area contributed by atoms with E-state index in [0.29, 0.717) is 33.6 Å². The van der Waals surface area contributed by atoms with E-state index in [1.807, 2.05) is 0 Å². The summed E-state index contributed by atoms with van der Waals surface area (Å²) in [5.41, 5.74) is 6.74. The normalized spacial score (nSPS) is 10.4. The first-order valence-corrected chi connectivity index (χ1v) is 7.88. The van der Waals surface area contributed by atoms with Gasteiger partial charge in [0, 0.05) is 24.1 Å². The SMILES string of the molecule is Nc1cc(NC(=O)CCSc2ncccc2Cl)ccc1Cl. The van der Waals surface area contributed by atoms with E-state index < -0.39 is 0 Å². The molecule has 1 heterocycles. The molecule has 0 spiro atoms. The first kappa shape index (κ1) is 15.9. The molecule has 0 aliphatic carbocycles. The van der Waals surface area contributed by atoms with Crippen molar-refractivity contribution in [2.24, 2.45) is 0 Å². The van der Waals surface area contributed by atoms with E-state index in [0.717, 1.165) is 5.03 Å². The molecule has 0 aliphatic heterocycles. The Labute approximate surface area is 137 Å². The molecule has 4 nitrogen and oxygen atoms in total. The number of anilines is 2. The van der Waals surface area contributed by atoms with E-state index in [4.69, 9.17) is 28.9 Å². The monoisotopic (exact) mass is 341 g/mol. The predicted molar refractivity (Wildman–Crippen MR) is 89.1 cm³/mol. The van der Waals surface area contributed by atoms with Gasteiger partial charge in [-0.05, 0) is 30.3 Å². The first-order chi connectivity index (χ1) is 10.1. The molecule has 1 amide bonds. The second-order valence-corrected chi connectivity index (χ2v) is 6.07. The van der Waals surface area contributed by atoms with Crippen LogP contribution < -0.4 is 11.1 Å². The summed E-state index contributed by atoms with van der Waals surface area (Å²) < 4.78 is 0. The molecule has 1 aromatic heterocycles. The van der Waals surface area contributed by atoms with Crippen LogP contribution >= 0.6 is 35.0 Å². The van der Waals surface area contributed by atoms with Crippen LogP contribution in [0.3, 0.4) is 0 Å². The third kappa shape index (κ3) is 4.81. The van der Waals surface area contributed by atoms with Crippen LogP contribution in [0.1, 0.15) is 6.42 Å². The van der Waals surface area contributed by atoms with E-state index in [-0.39, 0.29) is 5.91 Å². The number of thioether (sulfide) groups is 1. The van der Waals surface area contributed by atoms with Crippen molar-refractivity contribution in [3.8, 4) is 0 Å². The van der Waals surface area contributed by atoms with Crippen LogP contribution in [-0.4, -0.2) is 16.6 Å². The van der Waals surface area contributed by atoms with Crippen LogP contribution in [0.15, 0.2) is 41.6 Å². The van der Waals surface area contributed by atoms with Crippen molar-refractivity contribution < 1.29 is 4.79 Å². The molecular weight excluding hydrogens is 329 g/mol. The van der Waals surface area contributed by atoms with Crippen LogP contribution in [0.2, 0.25) is 10.0 Å². The Hall–Kier alpha value is -1.43. The number of rotatable bonds is 5.